The van der Waals surface area contributed by atoms with Crippen molar-refractivity contribution >= 4 is 17.0 Å². The van der Waals surface area contributed by atoms with E-state index in [1.54, 1.807) is 23.5 Å². The molecule has 3 aromatic rings. The van der Waals surface area contributed by atoms with E-state index in [0.29, 0.717) is 0 Å². The highest BCUT2D eigenvalue weighted by molar-refractivity contribution is 7.18. The number of nitro groups is 1. The molecule has 0 bridgehead atoms. The van der Waals surface area contributed by atoms with Crippen LogP contribution in [0.4, 0.5) is 5.69 Å². The average Bonchev–Trinajstić information content (AvgIpc) is 2.98. The lowest BCUT2D eigenvalue weighted by molar-refractivity contribution is -0.384. The number of nitro benzene ring substituents is 1. The van der Waals surface area contributed by atoms with Crippen LogP contribution in [0.5, 0.6) is 0 Å². The fraction of sp³-hybridized carbons (Fsp3) is 0.0588. The standard InChI is InChI=1S/C17H13NO2S/c1-12-5-7-13(8-6-12)16-9-10-17(21-16)14-3-2-4-15(11-14)18(19)20/h2-11H,1H3. The molecule has 2 aromatic carbocycles. The minimum atomic E-state index is -0.363. The van der Waals surface area contributed by atoms with Crippen LogP contribution >= 0.6 is 11.3 Å². The Morgan fingerprint density at radius 2 is 1.57 bits per heavy atom. The van der Waals surface area contributed by atoms with E-state index in [4.69, 9.17) is 0 Å². The summed E-state index contributed by atoms with van der Waals surface area (Å²) >= 11 is 1.64. The van der Waals surface area contributed by atoms with Gasteiger partial charge in [0.15, 0.2) is 0 Å². The predicted molar refractivity (Wildman–Crippen MR) is 86.6 cm³/mol. The largest absolute Gasteiger partial charge is 0.270 e. The molecular weight excluding hydrogens is 282 g/mol. The number of hydrogen-bond donors (Lipinski definition) is 0. The smallest absolute Gasteiger partial charge is 0.258 e. The van der Waals surface area contributed by atoms with Crippen LogP contribution < -0.4 is 0 Å². The number of hydrogen-bond acceptors (Lipinski definition) is 3. The second kappa shape index (κ2) is 5.50. The van der Waals surface area contributed by atoms with Gasteiger partial charge in [-0.05, 0) is 30.2 Å². The van der Waals surface area contributed by atoms with Gasteiger partial charge in [-0.15, -0.1) is 11.3 Å². The van der Waals surface area contributed by atoms with Gasteiger partial charge in [0.2, 0.25) is 0 Å². The summed E-state index contributed by atoms with van der Waals surface area (Å²) in [6, 6.07) is 19.2. The van der Waals surface area contributed by atoms with Crippen molar-refractivity contribution in [1.82, 2.24) is 0 Å². The molecule has 0 unspecified atom stereocenters. The van der Waals surface area contributed by atoms with Crippen molar-refractivity contribution in [1.29, 1.82) is 0 Å². The molecule has 0 saturated carbocycles. The van der Waals surface area contributed by atoms with Crippen molar-refractivity contribution in [2.24, 2.45) is 0 Å². The summed E-state index contributed by atoms with van der Waals surface area (Å²) in [5.41, 5.74) is 3.40. The minimum absolute atomic E-state index is 0.123. The molecule has 21 heavy (non-hydrogen) atoms. The van der Waals surface area contributed by atoms with E-state index in [1.807, 2.05) is 12.1 Å². The molecule has 3 nitrogen and oxygen atoms in total. The summed E-state index contributed by atoms with van der Waals surface area (Å²) in [5.74, 6) is 0. The van der Waals surface area contributed by atoms with Crippen molar-refractivity contribution in [3.8, 4) is 20.9 Å². The molecule has 0 aliphatic rings. The van der Waals surface area contributed by atoms with Crippen molar-refractivity contribution in [2.75, 3.05) is 0 Å². The molecule has 0 N–H and O–H groups in total. The number of aryl methyl sites for hydroxylation is 1. The van der Waals surface area contributed by atoms with E-state index >= 15 is 0 Å². The van der Waals surface area contributed by atoms with Crippen molar-refractivity contribution in [3.63, 3.8) is 0 Å². The third kappa shape index (κ3) is 2.85. The number of thiophene rings is 1. The predicted octanol–water partition coefficient (Wildman–Crippen LogP) is 5.30. The van der Waals surface area contributed by atoms with E-state index in [-0.39, 0.29) is 10.6 Å². The molecule has 0 saturated heterocycles. The SMILES string of the molecule is Cc1ccc(-c2ccc(-c3cccc([N+](=O)[O-])c3)s2)cc1. The van der Waals surface area contributed by atoms with Crippen LogP contribution in [-0.4, -0.2) is 4.92 Å². The highest BCUT2D eigenvalue weighted by Gasteiger charge is 2.09. The highest BCUT2D eigenvalue weighted by atomic mass is 32.1. The van der Waals surface area contributed by atoms with Crippen LogP contribution in [0.1, 0.15) is 5.56 Å². The molecule has 0 spiro atoms. The molecule has 0 amide bonds. The van der Waals surface area contributed by atoms with Gasteiger partial charge in [-0.2, -0.15) is 0 Å². The topological polar surface area (TPSA) is 43.1 Å². The molecule has 4 heteroatoms. The van der Waals surface area contributed by atoms with E-state index < -0.39 is 0 Å². The Morgan fingerprint density at radius 3 is 2.24 bits per heavy atom. The number of benzene rings is 2. The Hall–Kier alpha value is -2.46. The van der Waals surface area contributed by atoms with Gasteiger partial charge in [0.1, 0.15) is 0 Å². The van der Waals surface area contributed by atoms with Crippen molar-refractivity contribution in [3.05, 3.63) is 76.3 Å². The first-order valence-electron chi connectivity index (χ1n) is 6.55. The zero-order chi connectivity index (χ0) is 14.8. The van der Waals surface area contributed by atoms with Gasteiger partial charge in [-0.3, -0.25) is 10.1 Å². The van der Waals surface area contributed by atoms with Gasteiger partial charge in [-0.25, -0.2) is 0 Å². The lowest BCUT2D eigenvalue weighted by atomic mass is 10.1. The van der Waals surface area contributed by atoms with E-state index in [9.17, 15) is 10.1 Å². The lowest BCUT2D eigenvalue weighted by Crippen LogP contribution is -1.87. The Balaban J connectivity index is 1.96. The molecule has 3 rings (SSSR count). The summed E-state index contributed by atoms with van der Waals surface area (Å²) in [7, 11) is 0. The van der Waals surface area contributed by atoms with E-state index in [2.05, 4.69) is 37.3 Å². The Labute approximate surface area is 126 Å². The minimum Gasteiger partial charge on any atom is -0.258 e. The first-order valence-corrected chi connectivity index (χ1v) is 7.37. The Bertz CT molecular complexity index is 791. The fourth-order valence-electron chi connectivity index (χ4n) is 2.14. The van der Waals surface area contributed by atoms with Gasteiger partial charge < -0.3 is 0 Å². The van der Waals surface area contributed by atoms with Crippen LogP contribution in [-0.2, 0) is 0 Å². The van der Waals surface area contributed by atoms with Gasteiger partial charge in [-0.1, -0.05) is 42.0 Å². The molecule has 104 valence electrons. The first kappa shape index (κ1) is 13.5. The second-order valence-corrected chi connectivity index (χ2v) is 5.92. The lowest BCUT2D eigenvalue weighted by Gasteiger charge is -1.99. The molecular formula is C17H13NO2S. The van der Waals surface area contributed by atoms with Gasteiger partial charge >= 0.3 is 0 Å². The maximum atomic E-state index is 10.9. The third-order valence-electron chi connectivity index (χ3n) is 3.28. The van der Waals surface area contributed by atoms with Gasteiger partial charge in [0.05, 0.1) is 4.92 Å². The fourth-order valence-corrected chi connectivity index (χ4v) is 3.15. The van der Waals surface area contributed by atoms with Crippen LogP contribution in [0.3, 0.4) is 0 Å². The third-order valence-corrected chi connectivity index (χ3v) is 4.47. The highest BCUT2D eigenvalue weighted by Crippen LogP contribution is 2.35. The van der Waals surface area contributed by atoms with Crippen LogP contribution in [0.2, 0.25) is 0 Å². The van der Waals surface area contributed by atoms with Crippen LogP contribution in [0, 0.1) is 17.0 Å². The maximum Gasteiger partial charge on any atom is 0.270 e. The average molecular weight is 295 g/mol. The van der Waals surface area contributed by atoms with Crippen molar-refractivity contribution in [2.45, 2.75) is 6.92 Å². The van der Waals surface area contributed by atoms with E-state index in [1.165, 1.54) is 17.2 Å². The maximum absolute atomic E-state index is 10.9. The summed E-state index contributed by atoms with van der Waals surface area (Å²) in [6.45, 7) is 2.06. The van der Waals surface area contributed by atoms with Gasteiger partial charge in [0, 0.05) is 21.9 Å². The van der Waals surface area contributed by atoms with Gasteiger partial charge in [0.25, 0.3) is 5.69 Å². The Morgan fingerprint density at radius 1 is 0.905 bits per heavy atom. The Kier molecular flexibility index (Phi) is 3.54. The molecule has 1 heterocycles. The summed E-state index contributed by atoms with van der Waals surface area (Å²) < 4.78 is 0. The second-order valence-electron chi connectivity index (χ2n) is 4.84. The summed E-state index contributed by atoms with van der Waals surface area (Å²) in [5, 5.41) is 10.9. The molecule has 0 aliphatic heterocycles. The molecule has 0 atom stereocenters. The quantitative estimate of drug-likeness (QED) is 0.486. The van der Waals surface area contributed by atoms with Crippen LogP contribution in [0.15, 0.2) is 60.7 Å². The number of rotatable bonds is 3. The summed E-state index contributed by atoms with van der Waals surface area (Å²) in [6.07, 6.45) is 0. The first-order chi connectivity index (χ1) is 10.1. The number of non-ortho nitro benzene ring substituents is 1. The zero-order valence-electron chi connectivity index (χ0n) is 11.4. The molecule has 0 aliphatic carbocycles. The van der Waals surface area contributed by atoms with Crippen LogP contribution in [0.25, 0.3) is 20.9 Å². The van der Waals surface area contributed by atoms with E-state index in [0.717, 1.165) is 15.3 Å². The molecule has 1 aromatic heterocycles. The molecule has 0 fully saturated rings. The summed E-state index contributed by atoms with van der Waals surface area (Å²) in [4.78, 5) is 12.7. The number of nitrogens with zero attached hydrogens (tertiary/aromatic N) is 1. The molecule has 0 radical (unpaired) electrons. The zero-order valence-corrected chi connectivity index (χ0v) is 12.3. The van der Waals surface area contributed by atoms with Crippen molar-refractivity contribution < 1.29 is 4.92 Å². The normalized spacial score (nSPS) is 10.5. The monoisotopic (exact) mass is 295 g/mol.